The molecule has 3 N–H and O–H groups in total. The van der Waals surface area contributed by atoms with Crippen LogP contribution < -0.4 is 16.0 Å². The highest BCUT2D eigenvalue weighted by molar-refractivity contribution is 5.92. The summed E-state index contributed by atoms with van der Waals surface area (Å²) in [5, 5.41) is 4.45. The number of pyridine rings is 1. The number of nitrogens with zero attached hydrogens (tertiary/aromatic N) is 4. The molecule has 0 bridgehead atoms. The summed E-state index contributed by atoms with van der Waals surface area (Å²) in [6.07, 6.45) is 4.05. The van der Waals surface area contributed by atoms with Crippen LogP contribution >= 0.6 is 0 Å². The van der Waals surface area contributed by atoms with Gasteiger partial charge in [-0.1, -0.05) is 6.07 Å². The Balaban J connectivity index is 1.26. The molecule has 2 fully saturated rings. The van der Waals surface area contributed by atoms with Gasteiger partial charge in [0.1, 0.15) is 5.82 Å². The van der Waals surface area contributed by atoms with Crippen LogP contribution in [0.25, 0.3) is 10.9 Å². The van der Waals surface area contributed by atoms with E-state index in [1.165, 1.54) is 24.5 Å². The second-order valence-corrected chi connectivity index (χ2v) is 7.57. The topological polar surface area (TPSA) is 97.0 Å². The average Bonchev–Trinajstić information content (AvgIpc) is 3.26. The summed E-state index contributed by atoms with van der Waals surface area (Å²) in [5.41, 5.74) is 7.32. The molecule has 1 aliphatic heterocycles. The largest absolute Gasteiger partial charge is 0.366 e. The van der Waals surface area contributed by atoms with E-state index in [1.54, 1.807) is 6.07 Å². The standard InChI is InChI=1S/C20H19FN6O/c21-15-2-4-17-12(5-15)1-3-16(26-17)9-25-20-6-14(20)10-27(11-20)19-23-7-13(8-24-19)18(22)28/h1-5,7-8,14,25H,6,9-11H2,(H2,22,28). The van der Waals surface area contributed by atoms with E-state index in [4.69, 9.17) is 5.73 Å². The number of halogens is 1. The van der Waals surface area contributed by atoms with Crippen molar-refractivity contribution >= 4 is 22.8 Å². The molecule has 0 radical (unpaired) electrons. The average molecular weight is 378 g/mol. The normalized spacial score (nSPS) is 23.0. The highest BCUT2D eigenvalue weighted by atomic mass is 19.1. The number of nitrogens with two attached hydrogens (primary N) is 1. The van der Waals surface area contributed by atoms with Crippen LogP contribution in [0.5, 0.6) is 0 Å². The number of nitrogens with one attached hydrogen (secondary N) is 1. The minimum absolute atomic E-state index is 0.0468. The third-order valence-electron chi connectivity index (χ3n) is 5.68. The van der Waals surface area contributed by atoms with Crippen molar-refractivity contribution < 1.29 is 9.18 Å². The van der Waals surface area contributed by atoms with E-state index in [-0.39, 0.29) is 11.4 Å². The van der Waals surface area contributed by atoms with Gasteiger partial charge in [0.05, 0.1) is 16.8 Å². The summed E-state index contributed by atoms with van der Waals surface area (Å²) in [6, 6.07) is 8.46. The number of hydrogen-bond donors (Lipinski definition) is 2. The summed E-state index contributed by atoms with van der Waals surface area (Å²) in [4.78, 5) is 26.4. The van der Waals surface area contributed by atoms with Gasteiger partial charge in [-0.15, -0.1) is 0 Å². The number of rotatable bonds is 5. The highest BCUT2D eigenvalue weighted by Crippen LogP contribution is 2.50. The van der Waals surface area contributed by atoms with Crippen LogP contribution in [0.15, 0.2) is 42.7 Å². The van der Waals surface area contributed by atoms with Gasteiger partial charge < -0.3 is 16.0 Å². The third kappa shape index (κ3) is 2.95. The Kier molecular flexibility index (Phi) is 3.77. The number of amides is 1. The predicted molar refractivity (Wildman–Crippen MR) is 102 cm³/mol. The number of carbonyl (C=O) groups is 1. The molecule has 2 aromatic heterocycles. The molecule has 1 saturated carbocycles. The Bertz CT molecular complexity index is 1070. The van der Waals surface area contributed by atoms with Crippen LogP contribution in [-0.4, -0.2) is 39.5 Å². The first-order chi connectivity index (χ1) is 13.5. The minimum Gasteiger partial charge on any atom is -0.366 e. The number of fused-ring (bicyclic) bond motifs is 2. The van der Waals surface area contributed by atoms with Gasteiger partial charge in [-0.05, 0) is 36.6 Å². The SMILES string of the molecule is NC(=O)c1cnc(N2CC3CC3(NCc3ccc4cc(F)ccc4n3)C2)nc1. The Morgan fingerprint density at radius 1 is 1.29 bits per heavy atom. The highest BCUT2D eigenvalue weighted by Gasteiger charge is 2.60. The van der Waals surface area contributed by atoms with Crippen molar-refractivity contribution in [3.63, 3.8) is 0 Å². The second kappa shape index (κ2) is 6.20. The number of benzene rings is 1. The molecular weight excluding hydrogens is 359 g/mol. The molecule has 1 saturated heterocycles. The first-order valence-corrected chi connectivity index (χ1v) is 9.19. The number of carbonyl (C=O) groups excluding carboxylic acids is 1. The Morgan fingerprint density at radius 2 is 2.11 bits per heavy atom. The van der Waals surface area contributed by atoms with E-state index in [0.29, 0.717) is 24.0 Å². The van der Waals surface area contributed by atoms with E-state index < -0.39 is 5.91 Å². The molecule has 0 spiro atoms. The maximum atomic E-state index is 13.3. The van der Waals surface area contributed by atoms with Gasteiger partial charge in [0.2, 0.25) is 5.95 Å². The van der Waals surface area contributed by atoms with E-state index in [1.807, 2.05) is 12.1 Å². The zero-order chi connectivity index (χ0) is 19.3. The Morgan fingerprint density at radius 3 is 2.89 bits per heavy atom. The van der Waals surface area contributed by atoms with E-state index in [2.05, 4.69) is 25.2 Å². The monoisotopic (exact) mass is 378 g/mol. The van der Waals surface area contributed by atoms with Crippen LogP contribution in [0.2, 0.25) is 0 Å². The van der Waals surface area contributed by atoms with Gasteiger partial charge >= 0.3 is 0 Å². The van der Waals surface area contributed by atoms with E-state index >= 15 is 0 Å². The fourth-order valence-corrected chi connectivity index (χ4v) is 4.03. The van der Waals surface area contributed by atoms with Crippen molar-refractivity contribution in [1.82, 2.24) is 20.3 Å². The zero-order valence-corrected chi connectivity index (χ0v) is 15.1. The van der Waals surface area contributed by atoms with Crippen molar-refractivity contribution in [3.8, 4) is 0 Å². The van der Waals surface area contributed by atoms with E-state index in [0.717, 1.165) is 36.1 Å². The maximum Gasteiger partial charge on any atom is 0.251 e. The van der Waals surface area contributed by atoms with Crippen molar-refractivity contribution in [2.24, 2.45) is 11.7 Å². The lowest BCUT2D eigenvalue weighted by molar-refractivity contribution is 0.0999. The molecule has 1 aliphatic carbocycles. The summed E-state index contributed by atoms with van der Waals surface area (Å²) in [6.45, 7) is 2.35. The van der Waals surface area contributed by atoms with Crippen LogP contribution in [0.4, 0.5) is 10.3 Å². The van der Waals surface area contributed by atoms with Crippen LogP contribution in [-0.2, 0) is 6.54 Å². The predicted octanol–water partition coefficient (Wildman–Crippen LogP) is 1.63. The molecular formula is C20H19FN6O. The molecule has 3 heterocycles. The number of anilines is 1. The first-order valence-electron chi connectivity index (χ1n) is 9.19. The molecule has 1 amide bonds. The molecule has 7 nitrogen and oxygen atoms in total. The maximum absolute atomic E-state index is 13.3. The summed E-state index contributed by atoms with van der Waals surface area (Å²) in [7, 11) is 0. The first kappa shape index (κ1) is 17.0. The fourth-order valence-electron chi connectivity index (χ4n) is 4.03. The van der Waals surface area contributed by atoms with Crippen molar-refractivity contribution in [2.45, 2.75) is 18.5 Å². The summed E-state index contributed by atoms with van der Waals surface area (Å²) < 4.78 is 13.3. The van der Waals surface area contributed by atoms with E-state index in [9.17, 15) is 9.18 Å². The fraction of sp³-hybridized carbons (Fsp3) is 0.300. The lowest BCUT2D eigenvalue weighted by Crippen LogP contribution is -2.38. The van der Waals surface area contributed by atoms with Crippen LogP contribution in [0.1, 0.15) is 22.5 Å². The van der Waals surface area contributed by atoms with Crippen LogP contribution in [0.3, 0.4) is 0 Å². The van der Waals surface area contributed by atoms with Gasteiger partial charge in [0.25, 0.3) is 5.91 Å². The number of aromatic nitrogens is 3. The van der Waals surface area contributed by atoms with Gasteiger partial charge in [-0.3, -0.25) is 9.78 Å². The zero-order valence-electron chi connectivity index (χ0n) is 15.1. The van der Waals surface area contributed by atoms with Crippen molar-refractivity contribution in [1.29, 1.82) is 0 Å². The van der Waals surface area contributed by atoms with Gasteiger partial charge in [0, 0.05) is 43.0 Å². The quantitative estimate of drug-likeness (QED) is 0.700. The summed E-state index contributed by atoms with van der Waals surface area (Å²) in [5.74, 6) is 0.377. The van der Waals surface area contributed by atoms with Gasteiger partial charge in [-0.25, -0.2) is 14.4 Å². The van der Waals surface area contributed by atoms with Gasteiger partial charge in [-0.2, -0.15) is 0 Å². The van der Waals surface area contributed by atoms with Gasteiger partial charge in [0.15, 0.2) is 0 Å². The minimum atomic E-state index is -0.528. The molecule has 3 aromatic rings. The second-order valence-electron chi connectivity index (χ2n) is 7.57. The number of piperidine rings is 1. The summed E-state index contributed by atoms with van der Waals surface area (Å²) >= 11 is 0. The third-order valence-corrected chi connectivity index (χ3v) is 5.68. The molecule has 28 heavy (non-hydrogen) atoms. The van der Waals surface area contributed by atoms with Crippen LogP contribution in [0, 0.1) is 11.7 Å². The molecule has 2 aliphatic rings. The van der Waals surface area contributed by atoms with Crippen molar-refractivity contribution in [3.05, 3.63) is 59.8 Å². The van der Waals surface area contributed by atoms with Crippen molar-refractivity contribution in [2.75, 3.05) is 18.0 Å². The lowest BCUT2D eigenvalue weighted by Gasteiger charge is -2.21. The Labute approximate surface area is 160 Å². The molecule has 8 heteroatoms. The number of primary amides is 1. The smallest absolute Gasteiger partial charge is 0.251 e. The lowest BCUT2D eigenvalue weighted by atomic mass is 10.2. The molecule has 1 aromatic carbocycles. The molecule has 2 atom stereocenters. The molecule has 142 valence electrons. The Hall–Kier alpha value is -3.13. The molecule has 2 unspecified atom stereocenters. The number of hydrogen-bond acceptors (Lipinski definition) is 6. The molecule has 5 rings (SSSR count).